The minimum Gasteiger partial charge on any atom is -0.383 e. The summed E-state index contributed by atoms with van der Waals surface area (Å²) < 4.78 is 0. The summed E-state index contributed by atoms with van der Waals surface area (Å²) in [7, 11) is 4.08. The second-order valence-corrected chi connectivity index (χ2v) is 4.59. The van der Waals surface area contributed by atoms with Gasteiger partial charge >= 0.3 is 0 Å². The molecule has 2 heterocycles. The molecule has 1 fully saturated rings. The SMILES string of the molecule is CN(C)C1CCN(C(=O)c2cccnc2N)C1. The monoisotopic (exact) mass is 234 g/mol. The highest BCUT2D eigenvalue weighted by Crippen LogP contribution is 2.18. The first-order valence-electron chi connectivity index (χ1n) is 5.76. The number of nitrogens with zero attached hydrogens (tertiary/aromatic N) is 3. The van der Waals surface area contributed by atoms with Crippen LogP contribution in [-0.4, -0.2) is 53.9 Å². The fourth-order valence-electron chi connectivity index (χ4n) is 2.12. The summed E-state index contributed by atoms with van der Waals surface area (Å²) in [6.45, 7) is 1.55. The highest BCUT2D eigenvalue weighted by atomic mass is 16.2. The van der Waals surface area contributed by atoms with Gasteiger partial charge in [0, 0.05) is 25.3 Å². The predicted octanol–water partition coefficient (Wildman–Crippen LogP) is 0.440. The van der Waals surface area contributed by atoms with E-state index in [1.54, 1.807) is 18.3 Å². The van der Waals surface area contributed by atoms with Crippen LogP contribution in [-0.2, 0) is 0 Å². The van der Waals surface area contributed by atoms with E-state index in [0.29, 0.717) is 17.4 Å². The standard InChI is InChI=1S/C12H18N4O/c1-15(2)9-5-7-16(8-9)12(17)10-4-3-6-14-11(10)13/h3-4,6,9H,5,7-8H2,1-2H3,(H2,13,14). The first kappa shape index (κ1) is 11.9. The molecule has 0 saturated carbocycles. The molecule has 1 amide bonds. The van der Waals surface area contributed by atoms with E-state index < -0.39 is 0 Å². The third-order valence-electron chi connectivity index (χ3n) is 3.25. The lowest BCUT2D eigenvalue weighted by Crippen LogP contribution is -2.34. The summed E-state index contributed by atoms with van der Waals surface area (Å²) in [6.07, 6.45) is 2.61. The van der Waals surface area contributed by atoms with Crippen molar-refractivity contribution in [2.24, 2.45) is 0 Å². The van der Waals surface area contributed by atoms with Crippen molar-refractivity contribution in [3.05, 3.63) is 23.9 Å². The maximum atomic E-state index is 12.2. The Morgan fingerprint density at radius 1 is 1.59 bits per heavy atom. The Bertz CT molecular complexity index is 419. The van der Waals surface area contributed by atoms with Gasteiger partial charge in [-0.3, -0.25) is 4.79 Å². The molecule has 1 aliphatic rings. The fourth-order valence-corrected chi connectivity index (χ4v) is 2.12. The van der Waals surface area contributed by atoms with E-state index in [9.17, 15) is 4.79 Å². The number of aromatic nitrogens is 1. The summed E-state index contributed by atoms with van der Waals surface area (Å²) in [5, 5.41) is 0. The summed E-state index contributed by atoms with van der Waals surface area (Å²) in [5.74, 6) is 0.297. The van der Waals surface area contributed by atoms with Gasteiger partial charge in [-0.2, -0.15) is 0 Å². The van der Waals surface area contributed by atoms with Crippen molar-refractivity contribution in [2.75, 3.05) is 32.9 Å². The van der Waals surface area contributed by atoms with Gasteiger partial charge in [-0.25, -0.2) is 4.98 Å². The minimum atomic E-state index is -0.0139. The van der Waals surface area contributed by atoms with Crippen LogP contribution in [0, 0.1) is 0 Å². The average Bonchev–Trinajstić information content (AvgIpc) is 2.78. The van der Waals surface area contributed by atoms with Crippen LogP contribution in [0.1, 0.15) is 16.8 Å². The van der Waals surface area contributed by atoms with E-state index in [1.807, 2.05) is 19.0 Å². The molecular formula is C12H18N4O. The summed E-state index contributed by atoms with van der Waals surface area (Å²) in [6, 6.07) is 3.91. The Morgan fingerprint density at radius 2 is 2.35 bits per heavy atom. The van der Waals surface area contributed by atoms with Crippen molar-refractivity contribution in [3.8, 4) is 0 Å². The number of carbonyl (C=O) groups is 1. The molecule has 0 bridgehead atoms. The number of nitrogens with two attached hydrogens (primary N) is 1. The van der Waals surface area contributed by atoms with Crippen LogP contribution in [0.3, 0.4) is 0 Å². The lowest BCUT2D eigenvalue weighted by molar-refractivity contribution is 0.0784. The zero-order valence-electron chi connectivity index (χ0n) is 10.3. The quantitative estimate of drug-likeness (QED) is 0.806. The number of hydrogen-bond donors (Lipinski definition) is 1. The molecule has 0 aromatic carbocycles. The Labute approximate surface area is 101 Å². The van der Waals surface area contributed by atoms with Gasteiger partial charge in [0.05, 0.1) is 5.56 Å². The van der Waals surface area contributed by atoms with Crippen molar-refractivity contribution in [1.29, 1.82) is 0 Å². The number of pyridine rings is 1. The molecule has 1 aliphatic heterocycles. The van der Waals surface area contributed by atoms with Gasteiger partial charge in [0.25, 0.3) is 5.91 Å². The fraction of sp³-hybridized carbons (Fsp3) is 0.500. The number of anilines is 1. The van der Waals surface area contributed by atoms with Crippen LogP contribution in [0.5, 0.6) is 0 Å². The largest absolute Gasteiger partial charge is 0.383 e. The molecule has 1 unspecified atom stereocenters. The summed E-state index contributed by atoms with van der Waals surface area (Å²) in [4.78, 5) is 20.2. The lowest BCUT2D eigenvalue weighted by Gasteiger charge is -2.20. The van der Waals surface area contributed by atoms with E-state index in [1.165, 1.54) is 0 Å². The maximum absolute atomic E-state index is 12.2. The molecule has 1 atom stereocenters. The van der Waals surface area contributed by atoms with Crippen LogP contribution in [0.25, 0.3) is 0 Å². The molecule has 2 N–H and O–H groups in total. The van der Waals surface area contributed by atoms with E-state index in [2.05, 4.69) is 9.88 Å². The molecule has 1 aromatic heterocycles. The van der Waals surface area contributed by atoms with Crippen LogP contribution >= 0.6 is 0 Å². The molecule has 0 spiro atoms. The Balaban J connectivity index is 2.10. The first-order chi connectivity index (χ1) is 8.09. The molecule has 2 rings (SSSR count). The van der Waals surface area contributed by atoms with Gasteiger partial charge in [0.15, 0.2) is 0 Å². The maximum Gasteiger partial charge on any atom is 0.257 e. The van der Waals surface area contributed by atoms with Gasteiger partial charge in [-0.05, 0) is 32.6 Å². The molecule has 1 aromatic rings. The van der Waals surface area contributed by atoms with Crippen LogP contribution < -0.4 is 5.73 Å². The highest BCUT2D eigenvalue weighted by Gasteiger charge is 2.28. The van der Waals surface area contributed by atoms with Crippen molar-refractivity contribution >= 4 is 11.7 Å². The number of hydrogen-bond acceptors (Lipinski definition) is 4. The normalized spacial score (nSPS) is 19.9. The van der Waals surface area contributed by atoms with E-state index in [-0.39, 0.29) is 5.91 Å². The molecule has 92 valence electrons. The third-order valence-corrected chi connectivity index (χ3v) is 3.25. The summed E-state index contributed by atoms with van der Waals surface area (Å²) in [5.41, 5.74) is 6.22. The van der Waals surface area contributed by atoms with Crippen molar-refractivity contribution in [2.45, 2.75) is 12.5 Å². The topological polar surface area (TPSA) is 62.5 Å². The molecule has 1 saturated heterocycles. The molecule has 5 nitrogen and oxygen atoms in total. The van der Waals surface area contributed by atoms with E-state index in [0.717, 1.165) is 19.5 Å². The predicted molar refractivity (Wildman–Crippen MR) is 66.6 cm³/mol. The zero-order chi connectivity index (χ0) is 12.4. The van der Waals surface area contributed by atoms with Gasteiger partial charge < -0.3 is 15.5 Å². The molecule has 0 radical (unpaired) electrons. The molecule has 5 heteroatoms. The molecule has 17 heavy (non-hydrogen) atoms. The lowest BCUT2D eigenvalue weighted by atomic mass is 10.2. The van der Waals surface area contributed by atoms with Gasteiger partial charge in [-0.15, -0.1) is 0 Å². The van der Waals surface area contributed by atoms with Gasteiger partial charge in [0.2, 0.25) is 0 Å². The average molecular weight is 234 g/mol. The zero-order valence-corrected chi connectivity index (χ0v) is 10.3. The third kappa shape index (κ3) is 2.39. The second kappa shape index (κ2) is 4.71. The Morgan fingerprint density at radius 3 is 2.94 bits per heavy atom. The number of likely N-dealkylation sites (tertiary alicyclic amines) is 1. The number of carbonyl (C=O) groups excluding carboxylic acids is 1. The van der Waals surface area contributed by atoms with Crippen molar-refractivity contribution < 1.29 is 4.79 Å². The molecule has 0 aliphatic carbocycles. The smallest absolute Gasteiger partial charge is 0.257 e. The summed E-state index contributed by atoms with van der Waals surface area (Å²) >= 11 is 0. The van der Waals surface area contributed by atoms with Crippen LogP contribution in [0.15, 0.2) is 18.3 Å². The van der Waals surface area contributed by atoms with Gasteiger partial charge in [-0.1, -0.05) is 0 Å². The Kier molecular flexibility index (Phi) is 3.28. The number of amides is 1. The van der Waals surface area contributed by atoms with E-state index >= 15 is 0 Å². The number of rotatable bonds is 2. The molecular weight excluding hydrogens is 216 g/mol. The first-order valence-corrected chi connectivity index (χ1v) is 5.76. The second-order valence-electron chi connectivity index (χ2n) is 4.59. The van der Waals surface area contributed by atoms with Gasteiger partial charge in [0.1, 0.15) is 5.82 Å². The highest BCUT2D eigenvalue weighted by molar-refractivity contribution is 5.98. The number of nitrogen functional groups attached to an aromatic ring is 1. The number of likely N-dealkylation sites (N-methyl/N-ethyl adjacent to an activating group) is 1. The Hall–Kier alpha value is -1.62. The van der Waals surface area contributed by atoms with Crippen LogP contribution in [0.2, 0.25) is 0 Å². The van der Waals surface area contributed by atoms with Crippen molar-refractivity contribution in [1.82, 2.24) is 14.8 Å². The minimum absolute atomic E-state index is 0.0139. The van der Waals surface area contributed by atoms with Crippen LogP contribution in [0.4, 0.5) is 5.82 Å². The van der Waals surface area contributed by atoms with Crippen molar-refractivity contribution in [3.63, 3.8) is 0 Å². The van der Waals surface area contributed by atoms with E-state index in [4.69, 9.17) is 5.73 Å².